The second-order valence-corrected chi connectivity index (χ2v) is 6.41. The summed E-state index contributed by atoms with van der Waals surface area (Å²) in [7, 11) is 0. The van der Waals surface area contributed by atoms with Gasteiger partial charge in [-0.1, -0.05) is 26.7 Å². The lowest BCUT2D eigenvalue weighted by atomic mass is 9.77. The first-order chi connectivity index (χ1) is 7.69. The molecular formula is C14H26Cl2. The van der Waals surface area contributed by atoms with E-state index >= 15 is 0 Å². The molecule has 0 aliphatic heterocycles. The highest BCUT2D eigenvalue weighted by atomic mass is 35.5. The highest BCUT2D eigenvalue weighted by Gasteiger charge is 2.29. The molecule has 0 amide bonds. The van der Waals surface area contributed by atoms with Crippen LogP contribution >= 0.6 is 23.2 Å². The number of halogens is 2. The quantitative estimate of drug-likeness (QED) is 0.548. The fraction of sp³-hybridized carbons (Fsp3) is 1.00. The molecule has 2 atom stereocenters. The molecule has 96 valence electrons. The van der Waals surface area contributed by atoms with Crippen molar-refractivity contribution in [3.8, 4) is 0 Å². The number of rotatable bonds is 6. The van der Waals surface area contributed by atoms with E-state index in [2.05, 4.69) is 13.8 Å². The van der Waals surface area contributed by atoms with Crippen LogP contribution in [0.25, 0.3) is 0 Å². The molecule has 0 bridgehead atoms. The van der Waals surface area contributed by atoms with Crippen LogP contribution < -0.4 is 0 Å². The van der Waals surface area contributed by atoms with Crippen LogP contribution in [0, 0.1) is 11.8 Å². The van der Waals surface area contributed by atoms with E-state index in [-0.39, 0.29) is 0 Å². The second-order valence-electron chi connectivity index (χ2n) is 5.28. The fourth-order valence-electron chi connectivity index (χ4n) is 2.89. The summed E-state index contributed by atoms with van der Waals surface area (Å²) in [6.07, 6.45) is 9.96. The second kappa shape index (κ2) is 7.82. The fourth-order valence-corrected chi connectivity index (χ4v) is 3.83. The lowest BCUT2D eigenvalue weighted by molar-refractivity contribution is 0.253. The van der Waals surface area contributed by atoms with Crippen molar-refractivity contribution < 1.29 is 0 Å². The van der Waals surface area contributed by atoms with Crippen molar-refractivity contribution in [2.45, 2.75) is 76.0 Å². The van der Waals surface area contributed by atoms with E-state index in [4.69, 9.17) is 23.2 Å². The molecule has 0 aromatic heterocycles. The van der Waals surface area contributed by atoms with Gasteiger partial charge in [0.2, 0.25) is 0 Å². The molecule has 1 saturated carbocycles. The van der Waals surface area contributed by atoms with E-state index in [1.807, 2.05) is 0 Å². The Kier molecular flexibility index (Phi) is 7.16. The zero-order valence-corrected chi connectivity index (χ0v) is 12.2. The molecule has 0 spiro atoms. The Bertz CT molecular complexity index is 154. The van der Waals surface area contributed by atoms with Gasteiger partial charge in [-0.05, 0) is 50.4 Å². The Morgan fingerprint density at radius 1 is 0.812 bits per heavy atom. The minimum Gasteiger partial charge on any atom is -0.123 e. The zero-order chi connectivity index (χ0) is 12.0. The predicted octanol–water partition coefficient (Wildman–Crippen LogP) is 5.61. The average molecular weight is 265 g/mol. The maximum Gasteiger partial charge on any atom is 0.0364 e. The minimum absolute atomic E-state index is 0.408. The van der Waals surface area contributed by atoms with Crippen LogP contribution in [0.1, 0.15) is 65.2 Å². The van der Waals surface area contributed by atoms with Crippen molar-refractivity contribution in [2.75, 3.05) is 0 Å². The van der Waals surface area contributed by atoms with Crippen LogP contribution in [0.5, 0.6) is 0 Å². The maximum atomic E-state index is 6.42. The molecule has 0 aromatic rings. The maximum absolute atomic E-state index is 6.42. The van der Waals surface area contributed by atoms with Gasteiger partial charge in [0.05, 0.1) is 0 Å². The van der Waals surface area contributed by atoms with Gasteiger partial charge in [0.15, 0.2) is 0 Å². The van der Waals surface area contributed by atoms with Crippen molar-refractivity contribution in [2.24, 2.45) is 11.8 Å². The normalized spacial score (nSPS) is 30.0. The van der Waals surface area contributed by atoms with Gasteiger partial charge in [-0.15, -0.1) is 23.2 Å². The summed E-state index contributed by atoms with van der Waals surface area (Å²) in [5.41, 5.74) is 0. The van der Waals surface area contributed by atoms with Gasteiger partial charge >= 0.3 is 0 Å². The van der Waals surface area contributed by atoms with E-state index in [9.17, 15) is 0 Å². The van der Waals surface area contributed by atoms with Gasteiger partial charge in [0.1, 0.15) is 0 Å². The summed E-state index contributed by atoms with van der Waals surface area (Å²) in [6, 6.07) is 0. The van der Waals surface area contributed by atoms with Gasteiger partial charge in [0, 0.05) is 10.8 Å². The van der Waals surface area contributed by atoms with E-state index in [0.717, 1.165) is 11.8 Å². The molecule has 1 fully saturated rings. The lowest BCUT2D eigenvalue weighted by Gasteiger charge is -2.33. The third-order valence-electron chi connectivity index (χ3n) is 3.97. The summed E-state index contributed by atoms with van der Waals surface area (Å²) in [6.45, 7) is 4.44. The van der Waals surface area contributed by atoms with Gasteiger partial charge in [-0.3, -0.25) is 0 Å². The van der Waals surface area contributed by atoms with Crippen molar-refractivity contribution in [3.63, 3.8) is 0 Å². The molecule has 0 heterocycles. The van der Waals surface area contributed by atoms with Crippen molar-refractivity contribution in [1.82, 2.24) is 0 Å². The molecule has 1 rings (SSSR count). The van der Waals surface area contributed by atoms with E-state index in [0.29, 0.717) is 10.8 Å². The molecule has 0 N–H and O–H groups in total. The molecule has 1 aliphatic carbocycles. The first-order valence-electron chi connectivity index (χ1n) is 6.97. The first-order valence-corrected chi connectivity index (χ1v) is 7.84. The summed E-state index contributed by atoms with van der Waals surface area (Å²) >= 11 is 12.8. The van der Waals surface area contributed by atoms with Crippen LogP contribution in [0.3, 0.4) is 0 Å². The van der Waals surface area contributed by atoms with Crippen LogP contribution in [-0.4, -0.2) is 10.8 Å². The van der Waals surface area contributed by atoms with Gasteiger partial charge in [0.25, 0.3) is 0 Å². The first kappa shape index (κ1) is 14.6. The number of alkyl halides is 2. The predicted molar refractivity (Wildman–Crippen MR) is 74.5 cm³/mol. The number of hydrogen-bond donors (Lipinski definition) is 0. The van der Waals surface area contributed by atoms with E-state index in [1.54, 1.807) is 0 Å². The molecule has 2 unspecified atom stereocenters. The van der Waals surface area contributed by atoms with Crippen LogP contribution in [0.4, 0.5) is 0 Å². The topological polar surface area (TPSA) is 0 Å². The Morgan fingerprint density at radius 2 is 1.12 bits per heavy atom. The third kappa shape index (κ3) is 4.45. The smallest absolute Gasteiger partial charge is 0.0364 e. The SMILES string of the molecule is CCCC(Cl)C1CCC(C(Cl)CCC)CC1. The molecule has 0 saturated heterocycles. The van der Waals surface area contributed by atoms with Gasteiger partial charge < -0.3 is 0 Å². The monoisotopic (exact) mass is 264 g/mol. The highest BCUT2D eigenvalue weighted by molar-refractivity contribution is 6.21. The molecule has 0 aromatic carbocycles. The van der Waals surface area contributed by atoms with E-state index < -0.39 is 0 Å². The summed E-state index contributed by atoms with van der Waals surface area (Å²) < 4.78 is 0. The molecule has 0 nitrogen and oxygen atoms in total. The lowest BCUT2D eigenvalue weighted by Crippen LogP contribution is -2.26. The zero-order valence-electron chi connectivity index (χ0n) is 10.7. The standard InChI is InChI=1S/C14H26Cl2/c1-3-5-13(15)11-7-9-12(10-8-11)14(16)6-4-2/h11-14H,3-10H2,1-2H3. The number of hydrogen-bond acceptors (Lipinski definition) is 0. The molecule has 0 radical (unpaired) electrons. The van der Waals surface area contributed by atoms with Crippen molar-refractivity contribution >= 4 is 23.2 Å². The third-order valence-corrected chi connectivity index (χ3v) is 5.12. The summed E-state index contributed by atoms with van der Waals surface area (Å²) in [5, 5.41) is 0.816. The van der Waals surface area contributed by atoms with E-state index in [1.165, 1.54) is 51.4 Å². The average Bonchev–Trinajstić information content (AvgIpc) is 2.30. The minimum atomic E-state index is 0.408. The van der Waals surface area contributed by atoms with Crippen LogP contribution in [0.2, 0.25) is 0 Å². The Balaban J connectivity index is 2.27. The largest absolute Gasteiger partial charge is 0.123 e. The van der Waals surface area contributed by atoms with Gasteiger partial charge in [-0.2, -0.15) is 0 Å². The molecule has 2 heteroatoms. The molecule has 1 aliphatic rings. The Hall–Kier alpha value is 0.580. The van der Waals surface area contributed by atoms with Crippen LogP contribution in [-0.2, 0) is 0 Å². The Labute approximate surface area is 111 Å². The van der Waals surface area contributed by atoms with Crippen molar-refractivity contribution in [1.29, 1.82) is 0 Å². The van der Waals surface area contributed by atoms with Crippen molar-refractivity contribution in [3.05, 3.63) is 0 Å². The summed E-state index contributed by atoms with van der Waals surface area (Å²) in [5.74, 6) is 1.51. The molecular weight excluding hydrogens is 239 g/mol. The van der Waals surface area contributed by atoms with Crippen LogP contribution in [0.15, 0.2) is 0 Å². The Morgan fingerprint density at radius 3 is 1.38 bits per heavy atom. The highest BCUT2D eigenvalue weighted by Crippen LogP contribution is 2.38. The molecule has 16 heavy (non-hydrogen) atoms. The van der Waals surface area contributed by atoms with Gasteiger partial charge in [-0.25, -0.2) is 0 Å². The summed E-state index contributed by atoms with van der Waals surface area (Å²) in [4.78, 5) is 0.